The molecule has 1 rings (SSSR count). The van der Waals surface area contributed by atoms with Crippen LogP contribution in [0.25, 0.3) is 0 Å². The predicted octanol–water partition coefficient (Wildman–Crippen LogP) is 4.06. The summed E-state index contributed by atoms with van der Waals surface area (Å²) >= 11 is 0. The second-order valence-corrected chi connectivity index (χ2v) is 6.42. The zero-order valence-electron chi connectivity index (χ0n) is 13.8. The van der Waals surface area contributed by atoms with Crippen LogP contribution in [0.3, 0.4) is 0 Å². The number of hydrogen-bond acceptors (Lipinski definition) is 2. The van der Waals surface area contributed by atoms with E-state index in [1.807, 2.05) is 0 Å². The second kappa shape index (κ2) is 8.97. The molecule has 0 spiro atoms. The van der Waals surface area contributed by atoms with Crippen LogP contribution < -0.4 is 5.32 Å². The molecule has 0 aromatic carbocycles. The zero-order valence-corrected chi connectivity index (χ0v) is 13.8. The third kappa shape index (κ3) is 5.43. The summed E-state index contributed by atoms with van der Waals surface area (Å²) < 4.78 is 0. The lowest BCUT2D eigenvalue weighted by Crippen LogP contribution is -2.47. The van der Waals surface area contributed by atoms with Crippen LogP contribution in [0.15, 0.2) is 0 Å². The van der Waals surface area contributed by atoms with Crippen molar-refractivity contribution < 1.29 is 0 Å². The highest BCUT2D eigenvalue weighted by molar-refractivity contribution is 4.90. The molecule has 1 N–H and O–H groups in total. The molecule has 0 aromatic heterocycles. The Morgan fingerprint density at radius 1 is 1.05 bits per heavy atom. The van der Waals surface area contributed by atoms with Gasteiger partial charge in [-0.1, -0.05) is 52.9 Å². The lowest BCUT2D eigenvalue weighted by molar-refractivity contribution is 0.170. The van der Waals surface area contributed by atoms with Gasteiger partial charge in [0, 0.05) is 12.1 Å². The van der Waals surface area contributed by atoms with Gasteiger partial charge in [0.05, 0.1) is 0 Å². The topological polar surface area (TPSA) is 15.3 Å². The average molecular weight is 268 g/mol. The first-order chi connectivity index (χ1) is 9.19. The normalized spacial score (nSPS) is 19.3. The van der Waals surface area contributed by atoms with Crippen LogP contribution in [0.4, 0.5) is 0 Å². The molecule has 0 heterocycles. The van der Waals surface area contributed by atoms with Crippen molar-refractivity contribution >= 4 is 0 Å². The largest absolute Gasteiger partial charge is 0.314 e. The van der Waals surface area contributed by atoms with E-state index in [1.165, 1.54) is 71.0 Å². The van der Waals surface area contributed by atoms with Crippen LogP contribution in [0.1, 0.15) is 72.1 Å². The summed E-state index contributed by atoms with van der Waals surface area (Å²) in [5.74, 6) is 0.886. The van der Waals surface area contributed by atoms with E-state index < -0.39 is 0 Å². The second-order valence-electron chi connectivity index (χ2n) is 6.42. The summed E-state index contributed by atoms with van der Waals surface area (Å²) in [4.78, 5) is 2.67. The third-order valence-electron chi connectivity index (χ3n) is 5.37. The highest BCUT2D eigenvalue weighted by Crippen LogP contribution is 2.31. The maximum atomic E-state index is 3.65. The fourth-order valence-corrected chi connectivity index (χ4v) is 3.52. The average Bonchev–Trinajstić information content (AvgIpc) is 2.48. The Labute approximate surface area is 121 Å². The van der Waals surface area contributed by atoms with Gasteiger partial charge in [0.15, 0.2) is 0 Å². The Morgan fingerprint density at radius 3 is 2.16 bits per heavy atom. The van der Waals surface area contributed by atoms with Gasteiger partial charge in [0.1, 0.15) is 0 Å². The minimum absolute atomic E-state index is 0.444. The molecule has 1 aliphatic carbocycles. The number of rotatable bonds is 9. The van der Waals surface area contributed by atoms with Gasteiger partial charge in [0.25, 0.3) is 0 Å². The van der Waals surface area contributed by atoms with E-state index in [9.17, 15) is 0 Å². The highest BCUT2D eigenvalue weighted by Gasteiger charge is 2.30. The Balaban J connectivity index is 2.42. The van der Waals surface area contributed by atoms with Crippen molar-refractivity contribution in [2.45, 2.75) is 77.7 Å². The molecule has 0 radical (unpaired) electrons. The fourth-order valence-electron chi connectivity index (χ4n) is 3.52. The Morgan fingerprint density at radius 2 is 1.68 bits per heavy atom. The molecular weight excluding hydrogens is 232 g/mol. The van der Waals surface area contributed by atoms with E-state index in [1.54, 1.807) is 0 Å². The number of hydrogen-bond donors (Lipinski definition) is 1. The monoisotopic (exact) mass is 268 g/mol. The van der Waals surface area contributed by atoms with E-state index in [0.29, 0.717) is 5.54 Å². The standard InChI is InChI=1S/C17H36N2/c1-5-16(6-2)15-19(7-3)14-13-17(18-4)11-9-8-10-12-17/h16,18H,5-15H2,1-4H3. The molecular formula is C17H36N2. The van der Waals surface area contributed by atoms with E-state index in [0.717, 1.165) is 5.92 Å². The zero-order chi connectivity index (χ0) is 14.1. The van der Waals surface area contributed by atoms with E-state index in [4.69, 9.17) is 0 Å². The summed E-state index contributed by atoms with van der Waals surface area (Å²) in [5, 5.41) is 3.65. The van der Waals surface area contributed by atoms with Gasteiger partial charge in [-0.25, -0.2) is 0 Å². The van der Waals surface area contributed by atoms with Crippen LogP contribution >= 0.6 is 0 Å². The summed E-state index contributed by atoms with van der Waals surface area (Å²) in [6.07, 6.45) is 11.0. The smallest absolute Gasteiger partial charge is 0.0190 e. The molecule has 19 heavy (non-hydrogen) atoms. The molecule has 0 saturated heterocycles. The predicted molar refractivity (Wildman–Crippen MR) is 85.7 cm³/mol. The van der Waals surface area contributed by atoms with Crippen LogP contribution in [0.5, 0.6) is 0 Å². The van der Waals surface area contributed by atoms with E-state index in [-0.39, 0.29) is 0 Å². The molecule has 2 heteroatoms. The highest BCUT2D eigenvalue weighted by atomic mass is 15.1. The van der Waals surface area contributed by atoms with Crippen molar-refractivity contribution in [3.8, 4) is 0 Å². The van der Waals surface area contributed by atoms with E-state index >= 15 is 0 Å². The third-order valence-corrected chi connectivity index (χ3v) is 5.37. The molecule has 0 unspecified atom stereocenters. The van der Waals surface area contributed by atoms with Crippen LogP contribution in [0.2, 0.25) is 0 Å². The Hall–Kier alpha value is -0.0800. The number of nitrogens with zero attached hydrogens (tertiary/aromatic N) is 1. The summed E-state index contributed by atoms with van der Waals surface area (Å²) in [5.41, 5.74) is 0.444. The molecule has 0 aromatic rings. The Bertz CT molecular complexity index is 217. The summed E-state index contributed by atoms with van der Waals surface area (Å²) in [6.45, 7) is 10.7. The molecule has 0 bridgehead atoms. The van der Waals surface area contributed by atoms with Crippen LogP contribution in [0, 0.1) is 5.92 Å². The van der Waals surface area contributed by atoms with Gasteiger partial charge >= 0.3 is 0 Å². The van der Waals surface area contributed by atoms with Crippen molar-refractivity contribution in [1.29, 1.82) is 0 Å². The lowest BCUT2D eigenvalue weighted by atomic mass is 9.79. The van der Waals surface area contributed by atoms with Crippen molar-refractivity contribution in [3.63, 3.8) is 0 Å². The van der Waals surface area contributed by atoms with Gasteiger partial charge in [-0.05, 0) is 45.3 Å². The van der Waals surface area contributed by atoms with Gasteiger partial charge in [-0.2, -0.15) is 0 Å². The number of nitrogens with one attached hydrogen (secondary N) is 1. The van der Waals surface area contributed by atoms with Crippen molar-refractivity contribution in [1.82, 2.24) is 10.2 Å². The van der Waals surface area contributed by atoms with Crippen LogP contribution in [-0.2, 0) is 0 Å². The van der Waals surface area contributed by atoms with Crippen LogP contribution in [-0.4, -0.2) is 37.1 Å². The fraction of sp³-hybridized carbons (Fsp3) is 1.00. The van der Waals surface area contributed by atoms with Gasteiger partial charge in [-0.3, -0.25) is 0 Å². The molecule has 2 nitrogen and oxygen atoms in total. The molecule has 1 fully saturated rings. The maximum Gasteiger partial charge on any atom is 0.0190 e. The molecule has 1 saturated carbocycles. The molecule has 114 valence electrons. The lowest BCUT2D eigenvalue weighted by Gasteiger charge is -2.39. The van der Waals surface area contributed by atoms with Crippen molar-refractivity contribution in [2.24, 2.45) is 5.92 Å². The van der Waals surface area contributed by atoms with Gasteiger partial charge in [-0.15, -0.1) is 0 Å². The van der Waals surface area contributed by atoms with E-state index in [2.05, 4.69) is 38.0 Å². The molecule has 0 aliphatic heterocycles. The SMILES string of the molecule is CCC(CC)CN(CC)CCC1(NC)CCCCC1. The maximum absolute atomic E-state index is 3.65. The first-order valence-electron chi connectivity index (χ1n) is 8.61. The quantitative estimate of drug-likeness (QED) is 0.678. The van der Waals surface area contributed by atoms with Crippen molar-refractivity contribution in [3.05, 3.63) is 0 Å². The molecule has 0 amide bonds. The minimum Gasteiger partial charge on any atom is -0.314 e. The molecule has 1 aliphatic rings. The molecule has 0 atom stereocenters. The summed E-state index contributed by atoms with van der Waals surface area (Å²) in [7, 11) is 2.17. The minimum atomic E-state index is 0.444. The summed E-state index contributed by atoms with van der Waals surface area (Å²) in [6, 6.07) is 0. The van der Waals surface area contributed by atoms with Gasteiger partial charge in [0.2, 0.25) is 0 Å². The Kier molecular flexibility index (Phi) is 8.01. The first kappa shape index (κ1) is 17.0. The van der Waals surface area contributed by atoms with Gasteiger partial charge < -0.3 is 10.2 Å². The van der Waals surface area contributed by atoms with Crippen molar-refractivity contribution in [2.75, 3.05) is 26.7 Å². The first-order valence-corrected chi connectivity index (χ1v) is 8.61.